The van der Waals surface area contributed by atoms with Crippen LogP contribution in [0.4, 0.5) is 5.69 Å². The summed E-state index contributed by atoms with van der Waals surface area (Å²) in [5, 5.41) is 2.74. The first kappa shape index (κ1) is 22.7. The van der Waals surface area contributed by atoms with Gasteiger partial charge in [0.05, 0.1) is 20.8 Å². The highest BCUT2D eigenvalue weighted by atomic mass is 16.5. The molecule has 1 N–H and O–H groups in total. The van der Waals surface area contributed by atoms with Crippen LogP contribution >= 0.6 is 0 Å². The molecule has 0 unspecified atom stereocenters. The first-order valence-electron chi connectivity index (χ1n) is 9.41. The van der Waals surface area contributed by atoms with Crippen LogP contribution in [0.3, 0.4) is 0 Å². The molecular formula is C22H26N2O6. The van der Waals surface area contributed by atoms with E-state index in [1.54, 1.807) is 56.5 Å². The molecule has 0 spiro atoms. The molecular weight excluding hydrogens is 388 g/mol. The fourth-order valence-corrected chi connectivity index (χ4v) is 2.66. The van der Waals surface area contributed by atoms with Crippen molar-refractivity contribution >= 4 is 23.3 Å². The molecule has 0 heterocycles. The van der Waals surface area contributed by atoms with Gasteiger partial charge in [-0.25, -0.2) is 0 Å². The van der Waals surface area contributed by atoms with Crippen LogP contribution in [-0.2, 0) is 9.59 Å². The van der Waals surface area contributed by atoms with Gasteiger partial charge in [0.25, 0.3) is 5.91 Å². The molecule has 0 radical (unpaired) electrons. The summed E-state index contributed by atoms with van der Waals surface area (Å²) in [6.07, 6.45) is 0. The maximum Gasteiger partial charge on any atom is 0.260 e. The molecule has 0 bridgehead atoms. The molecule has 0 aliphatic heterocycles. The molecule has 8 nitrogen and oxygen atoms in total. The van der Waals surface area contributed by atoms with Crippen molar-refractivity contribution in [1.82, 2.24) is 4.90 Å². The lowest BCUT2D eigenvalue weighted by molar-refractivity contribution is -0.136. The van der Waals surface area contributed by atoms with E-state index in [1.807, 2.05) is 0 Å². The number of hydrogen-bond acceptors (Lipinski definition) is 6. The number of hydrogen-bond donors (Lipinski definition) is 1. The number of carbonyl (C=O) groups is 3. The number of ketones is 1. The molecule has 30 heavy (non-hydrogen) atoms. The number of amides is 2. The lowest BCUT2D eigenvalue weighted by Crippen LogP contribution is -2.40. The summed E-state index contributed by atoms with van der Waals surface area (Å²) >= 11 is 0. The predicted octanol–water partition coefficient (Wildman–Crippen LogP) is 2.77. The largest absolute Gasteiger partial charge is 0.497 e. The zero-order valence-electron chi connectivity index (χ0n) is 17.6. The molecule has 0 saturated heterocycles. The van der Waals surface area contributed by atoms with Crippen LogP contribution in [0.15, 0.2) is 42.5 Å². The molecule has 2 aromatic carbocycles. The van der Waals surface area contributed by atoms with E-state index in [-0.39, 0.29) is 30.7 Å². The normalized spacial score (nSPS) is 10.1. The van der Waals surface area contributed by atoms with E-state index < -0.39 is 0 Å². The number of anilines is 1. The Morgan fingerprint density at radius 2 is 1.67 bits per heavy atom. The first-order chi connectivity index (χ1) is 14.4. The molecule has 0 aliphatic carbocycles. The van der Waals surface area contributed by atoms with Crippen LogP contribution in [-0.4, -0.2) is 56.4 Å². The Hall–Kier alpha value is -3.55. The molecule has 8 heteroatoms. The van der Waals surface area contributed by atoms with Crippen LogP contribution in [0, 0.1) is 0 Å². The molecule has 0 aromatic heterocycles. The minimum Gasteiger partial charge on any atom is -0.497 e. The maximum atomic E-state index is 12.5. The molecule has 0 atom stereocenters. The molecule has 0 fully saturated rings. The second-order valence-electron chi connectivity index (χ2n) is 6.40. The maximum absolute atomic E-state index is 12.5. The number of rotatable bonds is 10. The average Bonchev–Trinajstić information content (AvgIpc) is 2.76. The van der Waals surface area contributed by atoms with Gasteiger partial charge in [0.2, 0.25) is 5.91 Å². The van der Waals surface area contributed by atoms with Crippen molar-refractivity contribution in [3.05, 3.63) is 48.0 Å². The van der Waals surface area contributed by atoms with Crippen molar-refractivity contribution in [1.29, 1.82) is 0 Å². The second kappa shape index (κ2) is 10.8. The number of benzene rings is 2. The number of ether oxygens (including phenoxy) is 3. The Morgan fingerprint density at radius 1 is 0.967 bits per heavy atom. The summed E-state index contributed by atoms with van der Waals surface area (Å²) in [6.45, 7) is 3.21. The van der Waals surface area contributed by atoms with E-state index in [1.165, 1.54) is 18.9 Å². The molecule has 160 valence electrons. The van der Waals surface area contributed by atoms with E-state index >= 15 is 0 Å². The van der Waals surface area contributed by atoms with E-state index in [0.29, 0.717) is 35.0 Å². The van der Waals surface area contributed by atoms with Crippen molar-refractivity contribution in [2.45, 2.75) is 13.8 Å². The van der Waals surface area contributed by atoms with Gasteiger partial charge in [0.15, 0.2) is 23.9 Å². The van der Waals surface area contributed by atoms with Crippen LogP contribution in [0.5, 0.6) is 17.2 Å². The third-order valence-corrected chi connectivity index (χ3v) is 4.36. The van der Waals surface area contributed by atoms with Gasteiger partial charge in [-0.2, -0.15) is 0 Å². The van der Waals surface area contributed by atoms with Gasteiger partial charge in [0, 0.05) is 17.8 Å². The van der Waals surface area contributed by atoms with Gasteiger partial charge >= 0.3 is 0 Å². The summed E-state index contributed by atoms with van der Waals surface area (Å²) in [7, 11) is 3.02. The molecule has 2 rings (SSSR count). The third-order valence-electron chi connectivity index (χ3n) is 4.36. The number of methoxy groups -OCH3 is 2. The van der Waals surface area contributed by atoms with E-state index in [0.717, 1.165) is 0 Å². The highest BCUT2D eigenvalue weighted by Gasteiger charge is 2.17. The monoisotopic (exact) mass is 414 g/mol. The number of carbonyl (C=O) groups excluding carboxylic acids is 3. The summed E-state index contributed by atoms with van der Waals surface area (Å²) in [6, 6.07) is 11.6. The topological polar surface area (TPSA) is 94.2 Å². The van der Waals surface area contributed by atoms with Gasteiger partial charge < -0.3 is 24.4 Å². The summed E-state index contributed by atoms with van der Waals surface area (Å²) < 4.78 is 15.9. The van der Waals surface area contributed by atoms with E-state index in [2.05, 4.69) is 5.32 Å². The van der Waals surface area contributed by atoms with Gasteiger partial charge in [0.1, 0.15) is 5.75 Å². The quantitative estimate of drug-likeness (QED) is 0.601. The summed E-state index contributed by atoms with van der Waals surface area (Å²) in [5.74, 6) is 0.613. The summed E-state index contributed by atoms with van der Waals surface area (Å²) in [5.41, 5.74) is 1.09. The minimum absolute atomic E-state index is 0.101. The Labute approximate surface area is 175 Å². The second-order valence-corrected chi connectivity index (χ2v) is 6.40. The van der Waals surface area contributed by atoms with Gasteiger partial charge in [-0.3, -0.25) is 14.4 Å². The number of nitrogens with one attached hydrogen (secondary N) is 1. The minimum atomic E-state index is -0.347. The number of Topliss-reactive ketones (excluding diaryl/α,β-unsaturated/α-hetero) is 1. The first-order valence-corrected chi connectivity index (χ1v) is 9.41. The van der Waals surface area contributed by atoms with Crippen molar-refractivity contribution in [2.75, 3.05) is 39.2 Å². The Balaban J connectivity index is 1.94. The highest BCUT2D eigenvalue weighted by molar-refractivity contribution is 5.95. The fourth-order valence-electron chi connectivity index (χ4n) is 2.66. The zero-order valence-corrected chi connectivity index (χ0v) is 17.6. The van der Waals surface area contributed by atoms with E-state index in [4.69, 9.17) is 14.2 Å². The smallest absolute Gasteiger partial charge is 0.260 e. The van der Waals surface area contributed by atoms with Crippen molar-refractivity contribution in [3.63, 3.8) is 0 Å². The number of nitrogens with zero attached hydrogens (tertiary/aromatic N) is 1. The van der Waals surface area contributed by atoms with E-state index in [9.17, 15) is 14.4 Å². The fraction of sp³-hybridized carbons (Fsp3) is 0.318. The van der Waals surface area contributed by atoms with Crippen molar-refractivity contribution in [3.8, 4) is 17.2 Å². The van der Waals surface area contributed by atoms with Crippen LogP contribution in [0.25, 0.3) is 0 Å². The number of likely N-dealkylation sites (N-methyl/N-ethyl adjacent to an activating group) is 1. The predicted molar refractivity (Wildman–Crippen MR) is 112 cm³/mol. The van der Waals surface area contributed by atoms with Crippen LogP contribution in [0.1, 0.15) is 24.2 Å². The van der Waals surface area contributed by atoms with Crippen LogP contribution < -0.4 is 19.5 Å². The molecule has 0 saturated carbocycles. The van der Waals surface area contributed by atoms with Gasteiger partial charge in [-0.05, 0) is 56.3 Å². The Bertz CT molecular complexity index is 895. The standard InChI is InChI=1S/C22H26N2O6/c1-5-24(13-21(26)23-17-7-9-18(28-3)10-8-17)22(27)14-30-19-11-6-16(15(2)25)12-20(19)29-4/h6-12H,5,13-14H2,1-4H3,(H,23,26). The lowest BCUT2D eigenvalue weighted by Gasteiger charge is -2.21. The van der Waals surface area contributed by atoms with Crippen LogP contribution in [0.2, 0.25) is 0 Å². The van der Waals surface area contributed by atoms with Gasteiger partial charge in [-0.1, -0.05) is 0 Å². The van der Waals surface area contributed by atoms with Gasteiger partial charge in [-0.15, -0.1) is 0 Å². The summed E-state index contributed by atoms with van der Waals surface area (Å²) in [4.78, 5) is 37.7. The third kappa shape index (κ3) is 6.23. The molecule has 2 aromatic rings. The zero-order chi connectivity index (χ0) is 22.1. The SMILES string of the molecule is CCN(CC(=O)Nc1ccc(OC)cc1)C(=O)COc1ccc(C(C)=O)cc1OC. The van der Waals surface area contributed by atoms with Crippen molar-refractivity contribution in [2.24, 2.45) is 0 Å². The van der Waals surface area contributed by atoms with Crippen molar-refractivity contribution < 1.29 is 28.6 Å². The highest BCUT2D eigenvalue weighted by Crippen LogP contribution is 2.28. The molecule has 0 aliphatic rings. The Morgan fingerprint density at radius 3 is 2.23 bits per heavy atom. The molecule has 2 amide bonds. The lowest BCUT2D eigenvalue weighted by atomic mass is 10.1. The average molecular weight is 414 g/mol. The Kier molecular flexibility index (Phi) is 8.22.